The van der Waals surface area contributed by atoms with Crippen LogP contribution in [-0.2, 0) is 10.0 Å². The minimum atomic E-state index is -3.70. The molecule has 0 amide bonds. The molecule has 1 aliphatic rings. The maximum Gasteiger partial charge on any atom is 0.271 e. The van der Waals surface area contributed by atoms with Gasteiger partial charge in [0.15, 0.2) is 0 Å². The molecule has 7 nitrogen and oxygen atoms in total. The smallest absolute Gasteiger partial charge is 0.271 e. The molecule has 0 saturated heterocycles. The van der Waals surface area contributed by atoms with E-state index < -0.39 is 10.0 Å². The van der Waals surface area contributed by atoms with Crippen LogP contribution in [0.2, 0.25) is 0 Å². The molecule has 0 spiro atoms. The van der Waals surface area contributed by atoms with E-state index in [9.17, 15) is 8.42 Å². The van der Waals surface area contributed by atoms with Gasteiger partial charge >= 0.3 is 0 Å². The number of anilines is 1. The molecule has 0 radical (unpaired) electrons. The number of benzene rings is 1. The first-order chi connectivity index (χ1) is 13.5. The first-order valence-corrected chi connectivity index (χ1v) is 11.5. The van der Waals surface area contributed by atoms with Crippen molar-refractivity contribution in [3.8, 4) is 16.5 Å². The maximum absolute atomic E-state index is 12.7. The predicted molar refractivity (Wildman–Crippen MR) is 107 cm³/mol. The number of hydrogen-bond acceptors (Lipinski definition) is 7. The minimum absolute atomic E-state index is 0.192. The summed E-state index contributed by atoms with van der Waals surface area (Å²) < 4.78 is 39.3. The summed E-state index contributed by atoms with van der Waals surface area (Å²) in [5.74, 6) is 2.04. The fraction of sp³-hybridized carbons (Fsp3) is 0.368. The van der Waals surface area contributed by atoms with E-state index in [0.29, 0.717) is 40.6 Å². The lowest BCUT2D eigenvalue weighted by Crippen LogP contribution is -2.11. The van der Waals surface area contributed by atoms with Gasteiger partial charge in [0.05, 0.1) is 11.5 Å². The monoisotopic (exact) mass is 419 g/mol. The molecule has 1 aliphatic carbocycles. The van der Waals surface area contributed by atoms with E-state index in [2.05, 4.69) is 14.9 Å². The molecular weight excluding hydrogens is 398 g/mol. The van der Waals surface area contributed by atoms with Gasteiger partial charge < -0.3 is 9.15 Å². The Labute approximate surface area is 167 Å². The highest BCUT2D eigenvalue weighted by Crippen LogP contribution is 2.36. The molecule has 4 rings (SSSR count). The predicted octanol–water partition coefficient (Wildman–Crippen LogP) is 4.66. The van der Waals surface area contributed by atoms with Crippen molar-refractivity contribution in [1.29, 1.82) is 0 Å². The van der Waals surface area contributed by atoms with Gasteiger partial charge in [-0.2, -0.15) is 0 Å². The van der Waals surface area contributed by atoms with Crippen LogP contribution >= 0.6 is 11.3 Å². The summed E-state index contributed by atoms with van der Waals surface area (Å²) in [5, 5.41) is 8.25. The van der Waals surface area contributed by atoms with Gasteiger partial charge in [0.25, 0.3) is 15.9 Å². The minimum Gasteiger partial charge on any atom is -0.494 e. The first-order valence-electron chi connectivity index (χ1n) is 9.24. The normalized spacial score (nSPS) is 15.0. The van der Waals surface area contributed by atoms with E-state index in [-0.39, 0.29) is 4.21 Å². The Kier molecular flexibility index (Phi) is 5.36. The summed E-state index contributed by atoms with van der Waals surface area (Å²) in [4.78, 5) is 0.642. The quantitative estimate of drug-likeness (QED) is 0.599. The van der Waals surface area contributed by atoms with Gasteiger partial charge in [0.2, 0.25) is 5.89 Å². The fourth-order valence-electron chi connectivity index (χ4n) is 3.24. The van der Waals surface area contributed by atoms with Crippen molar-refractivity contribution in [3.05, 3.63) is 42.3 Å². The highest BCUT2D eigenvalue weighted by Gasteiger charge is 2.24. The van der Waals surface area contributed by atoms with Gasteiger partial charge in [-0.05, 0) is 56.2 Å². The van der Waals surface area contributed by atoms with Crippen LogP contribution in [0, 0.1) is 0 Å². The molecule has 0 atom stereocenters. The van der Waals surface area contributed by atoms with Crippen molar-refractivity contribution in [2.75, 3.05) is 11.3 Å². The second kappa shape index (κ2) is 7.92. The average Bonchev–Trinajstić information content (AvgIpc) is 3.43. The topological polar surface area (TPSA) is 94.3 Å². The third-order valence-corrected chi connectivity index (χ3v) is 7.57. The maximum atomic E-state index is 12.7. The summed E-state index contributed by atoms with van der Waals surface area (Å²) in [6.07, 6.45) is 4.50. The van der Waals surface area contributed by atoms with Crippen LogP contribution in [0.15, 0.2) is 45.0 Å². The van der Waals surface area contributed by atoms with E-state index in [1.807, 2.05) is 6.92 Å². The summed E-state index contributed by atoms with van der Waals surface area (Å²) in [6, 6.07) is 10.0. The average molecular weight is 420 g/mol. The molecule has 0 aliphatic heterocycles. The van der Waals surface area contributed by atoms with Gasteiger partial charge in [0.1, 0.15) is 9.96 Å². The molecule has 148 valence electrons. The molecule has 0 unspecified atom stereocenters. The molecule has 0 bridgehead atoms. The van der Waals surface area contributed by atoms with Gasteiger partial charge in [-0.25, -0.2) is 8.42 Å². The highest BCUT2D eigenvalue weighted by atomic mass is 32.2. The highest BCUT2D eigenvalue weighted by molar-refractivity contribution is 7.94. The van der Waals surface area contributed by atoms with Crippen LogP contribution in [0.4, 0.5) is 5.69 Å². The van der Waals surface area contributed by atoms with E-state index in [4.69, 9.17) is 9.15 Å². The number of rotatable bonds is 7. The Bertz CT molecular complexity index is 1040. The standard InChI is InChI=1S/C19H21N3O4S2/c1-2-25-15-9-7-14(8-10-15)22-28(23,24)17-12-11-16(27-17)19-21-20-18(26-19)13-5-3-4-6-13/h7-13,22H,2-6H2,1H3. The second-order valence-electron chi connectivity index (χ2n) is 6.61. The van der Waals surface area contributed by atoms with Crippen molar-refractivity contribution in [1.82, 2.24) is 10.2 Å². The van der Waals surface area contributed by atoms with E-state index in [1.54, 1.807) is 36.4 Å². The largest absolute Gasteiger partial charge is 0.494 e. The van der Waals surface area contributed by atoms with Gasteiger partial charge in [-0.3, -0.25) is 4.72 Å². The SMILES string of the molecule is CCOc1ccc(NS(=O)(=O)c2ccc(-c3nnc(C4CCCC4)o3)s2)cc1. The number of hydrogen-bond donors (Lipinski definition) is 1. The number of aromatic nitrogens is 2. The molecular formula is C19H21N3O4S2. The summed E-state index contributed by atoms with van der Waals surface area (Å²) in [6.45, 7) is 2.45. The number of thiophene rings is 1. The zero-order chi connectivity index (χ0) is 19.6. The van der Waals surface area contributed by atoms with Crippen LogP contribution in [0.25, 0.3) is 10.8 Å². The zero-order valence-corrected chi connectivity index (χ0v) is 17.1. The Morgan fingerprint density at radius 2 is 1.89 bits per heavy atom. The lowest BCUT2D eigenvalue weighted by atomic mass is 10.1. The molecule has 1 fully saturated rings. The van der Waals surface area contributed by atoms with Crippen LogP contribution in [0.1, 0.15) is 44.4 Å². The van der Waals surface area contributed by atoms with Gasteiger partial charge in [-0.1, -0.05) is 12.8 Å². The second-order valence-corrected chi connectivity index (χ2v) is 9.60. The number of ether oxygens (including phenoxy) is 1. The molecule has 2 heterocycles. The van der Waals surface area contributed by atoms with Crippen molar-refractivity contribution >= 4 is 27.0 Å². The molecule has 28 heavy (non-hydrogen) atoms. The third-order valence-electron chi connectivity index (χ3n) is 4.62. The van der Waals surface area contributed by atoms with Crippen molar-refractivity contribution in [2.24, 2.45) is 0 Å². The summed E-state index contributed by atoms with van der Waals surface area (Å²) in [5.41, 5.74) is 0.472. The van der Waals surface area contributed by atoms with Crippen LogP contribution in [0.3, 0.4) is 0 Å². The van der Waals surface area contributed by atoms with E-state index in [0.717, 1.165) is 24.2 Å². The van der Waals surface area contributed by atoms with Crippen molar-refractivity contribution < 1.29 is 17.6 Å². The Morgan fingerprint density at radius 1 is 1.14 bits per heavy atom. The third kappa shape index (κ3) is 4.05. The Morgan fingerprint density at radius 3 is 2.61 bits per heavy atom. The Hall–Kier alpha value is -2.39. The number of sulfonamides is 1. The van der Waals surface area contributed by atoms with E-state index >= 15 is 0 Å². The molecule has 1 N–H and O–H groups in total. The van der Waals surface area contributed by atoms with Gasteiger partial charge in [-0.15, -0.1) is 21.5 Å². The molecule has 1 saturated carbocycles. The molecule has 3 aromatic rings. The first kappa shape index (κ1) is 18.9. The molecule has 1 aromatic carbocycles. The lowest BCUT2D eigenvalue weighted by Gasteiger charge is -2.07. The van der Waals surface area contributed by atoms with Crippen molar-refractivity contribution in [2.45, 2.75) is 42.7 Å². The van der Waals surface area contributed by atoms with Crippen LogP contribution < -0.4 is 9.46 Å². The molecule has 2 aromatic heterocycles. The number of nitrogens with zero attached hydrogens (tertiary/aromatic N) is 2. The summed E-state index contributed by atoms with van der Waals surface area (Å²) >= 11 is 1.11. The number of nitrogens with one attached hydrogen (secondary N) is 1. The van der Waals surface area contributed by atoms with E-state index in [1.165, 1.54) is 12.8 Å². The Balaban J connectivity index is 1.49. The zero-order valence-electron chi connectivity index (χ0n) is 15.4. The fourth-order valence-corrected chi connectivity index (χ4v) is 5.53. The van der Waals surface area contributed by atoms with Gasteiger partial charge in [0, 0.05) is 11.6 Å². The molecule has 9 heteroatoms. The van der Waals surface area contributed by atoms with Crippen LogP contribution in [-0.4, -0.2) is 25.2 Å². The van der Waals surface area contributed by atoms with Crippen LogP contribution in [0.5, 0.6) is 5.75 Å². The summed E-state index contributed by atoms with van der Waals surface area (Å²) in [7, 11) is -3.70. The lowest BCUT2D eigenvalue weighted by molar-refractivity contribution is 0.340. The van der Waals surface area contributed by atoms with Crippen molar-refractivity contribution in [3.63, 3.8) is 0 Å².